The Morgan fingerprint density at radius 1 is 1.00 bits per heavy atom. The molecule has 0 atom stereocenters. The van der Waals surface area contributed by atoms with E-state index in [9.17, 15) is 13.2 Å². The summed E-state index contributed by atoms with van der Waals surface area (Å²) in [6.45, 7) is 0.106. The number of carbonyl (C=O) groups is 1. The predicted octanol–water partition coefficient (Wildman–Crippen LogP) is 2.23. The van der Waals surface area contributed by atoms with Crippen molar-refractivity contribution in [2.75, 3.05) is 11.9 Å². The Balaban J connectivity index is 2.00. The lowest BCUT2D eigenvalue weighted by Crippen LogP contribution is -2.13. The molecule has 0 radical (unpaired) electrons. The van der Waals surface area contributed by atoms with Crippen LogP contribution in [0.4, 0.5) is 5.69 Å². The highest BCUT2D eigenvalue weighted by Gasteiger charge is 2.09. The zero-order chi connectivity index (χ0) is 14.6. The van der Waals surface area contributed by atoms with Gasteiger partial charge in [0, 0.05) is 11.3 Å². The van der Waals surface area contributed by atoms with Gasteiger partial charge in [0.15, 0.2) is 5.78 Å². The predicted molar refractivity (Wildman–Crippen MR) is 75.5 cm³/mol. The van der Waals surface area contributed by atoms with E-state index < -0.39 is 10.1 Å². The van der Waals surface area contributed by atoms with Gasteiger partial charge in [0.2, 0.25) is 0 Å². The Bertz CT molecular complexity index is 694. The van der Waals surface area contributed by atoms with E-state index in [2.05, 4.69) is 5.32 Å². The lowest BCUT2D eigenvalue weighted by Gasteiger charge is -2.06. The molecule has 6 heteroatoms. The summed E-state index contributed by atoms with van der Waals surface area (Å²) in [6, 6.07) is 14.4. The third kappa shape index (κ3) is 3.66. The van der Waals surface area contributed by atoms with Crippen molar-refractivity contribution >= 4 is 21.6 Å². The quantitative estimate of drug-likeness (QED) is 0.652. The van der Waals surface area contributed by atoms with Crippen molar-refractivity contribution in [3.63, 3.8) is 0 Å². The Morgan fingerprint density at radius 3 is 2.15 bits per heavy atom. The molecule has 5 nitrogen and oxygen atoms in total. The maximum Gasteiger partial charge on any atom is 0.294 e. The molecule has 0 heterocycles. The van der Waals surface area contributed by atoms with Gasteiger partial charge in [-0.1, -0.05) is 30.3 Å². The van der Waals surface area contributed by atoms with Crippen LogP contribution in [-0.2, 0) is 10.1 Å². The lowest BCUT2D eigenvalue weighted by molar-refractivity contribution is 0.101. The first-order valence-corrected chi connectivity index (χ1v) is 7.30. The minimum Gasteiger partial charge on any atom is -0.378 e. The molecule has 0 saturated carbocycles. The van der Waals surface area contributed by atoms with E-state index in [4.69, 9.17) is 4.55 Å². The fourth-order valence-electron chi connectivity index (χ4n) is 1.65. The molecule has 0 aliphatic rings. The van der Waals surface area contributed by atoms with Crippen LogP contribution in [0.2, 0.25) is 0 Å². The second-order valence-electron chi connectivity index (χ2n) is 4.14. The van der Waals surface area contributed by atoms with Gasteiger partial charge in [-0.25, -0.2) is 0 Å². The highest BCUT2D eigenvalue weighted by Crippen LogP contribution is 2.13. The zero-order valence-corrected chi connectivity index (χ0v) is 11.3. The SMILES string of the molecule is O=C(CNc1ccc(S(=O)(=O)O)cc1)c1ccccc1. The van der Waals surface area contributed by atoms with E-state index in [1.807, 2.05) is 6.07 Å². The maximum absolute atomic E-state index is 11.8. The molecule has 0 unspecified atom stereocenters. The Hall–Kier alpha value is -2.18. The van der Waals surface area contributed by atoms with Gasteiger partial charge in [-0.3, -0.25) is 9.35 Å². The first-order chi connectivity index (χ1) is 9.47. The number of carbonyl (C=O) groups excluding carboxylic acids is 1. The van der Waals surface area contributed by atoms with Gasteiger partial charge >= 0.3 is 0 Å². The van der Waals surface area contributed by atoms with Gasteiger partial charge in [0.05, 0.1) is 11.4 Å². The molecule has 0 amide bonds. The molecule has 0 aliphatic heterocycles. The van der Waals surface area contributed by atoms with Crippen molar-refractivity contribution in [2.24, 2.45) is 0 Å². The maximum atomic E-state index is 11.8. The summed E-state index contributed by atoms with van der Waals surface area (Å²) in [4.78, 5) is 11.7. The van der Waals surface area contributed by atoms with Crippen molar-refractivity contribution in [3.05, 3.63) is 60.2 Å². The number of nitrogens with one attached hydrogen (secondary N) is 1. The number of Topliss-reactive ketones (excluding diaryl/α,β-unsaturated/α-hetero) is 1. The number of ketones is 1. The summed E-state index contributed by atoms with van der Waals surface area (Å²) in [6.07, 6.45) is 0. The Kier molecular flexibility index (Phi) is 4.16. The molecule has 20 heavy (non-hydrogen) atoms. The van der Waals surface area contributed by atoms with Crippen LogP contribution >= 0.6 is 0 Å². The molecule has 104 valence electrons. The third-order valence-corrected chi connectivity index (χ3v) is 3.57. The van der Waals surface area contributed by atoms with Gasteiger partial charge < -0.3 is 5.32 Å². The van der Waals surface area contributed by atoms with E-state index >= 15 is 0 Å². The fourth-order valence-corrected chi connectivity index (χ4v) is 2.13. The average Bonchev–Trinajstić information content (AvgIpc) is 2.45. The normalized spacial score (nSPS) is 11.1. The monoisotopic (exact) mass is 291 g/mol. The molecule has 2 rings (SSSR count). The molecule has 0 fully saturated rings. The summed E-state index contributed by atoms with van der Waals surface area (Å²) >= 11 is 0. The smallest absolute Gasteiger partial charge is 0.294 e. The number of anilines is 1. The lowest BCUT2D eigenvalue weighted by atomic mass is 10.1. The van der Waals surface area contributed by atoms with Crippen LogP contribution in [0.15, 0.2) is 59.5 Å². The number of benzene rings is 2. The van der Waals surface area contributed by atoms with Gasteiger partial charge in [-0.05, 0) is 24.3 Å². The average molecular weight is 291 g/mol. The molecule has 2 aromatic carbocycles. The van der Waals surface area contributed by atoms with E-state index in [1.54, 1.807) is 24.3 Å². The summed E-state index contributed by atoms with van der Waals surface area (Å²) < 4.78 is 30.6. The fraction of sp³-hybridized carbons (Fsp3) is 0.0714. The minimum absolute atomic E-state index is 0.0653. The number of hydrogen-bond donors (Lipinski definition) is 2. The third-order valence-electron chi connectivity index (χ3n) is 2.70. The van der Waals surface area contributed by atoms with E-state index in [-0.39, 0.29) is 17.2 Å². The summed E-state index contributed by atoms with van der Waals surface area (Å²) in [5.41, 5.74) is 1.20. The van der Waals surface area contributed by atoms with Crippen molar-refractivity contribution in [2.45, 2.75) is 4.90 Å². The highest BCUT2D eigenvalue weighted by molar-refractivity contribution is 7.85. The van der Waals surface area contributed by atoms with Crippen molar-refractivity contribution in [3.8, 4) is 0 Å². The van der Waals surface area contributed by atoms with Crippen molar-refractivity contribution < 1.29 is 17.8 Å². The molecular formula is C14H13NO4S. The Morgan fingerprint density at radius 2 is 1.60 bits per heavy atom. The van der Waals surface area contributed by atoms with Gasteiger partial charge in [-0.2, -0.15) is 8.42 Å². The van der Waals surface area contributed by atoms with Crippen LogP contribution in [-0.4, -0.2) is 25.3 Å². The number of rotatable bonds is 5. The second kappa shape index (κ2) is 5.85. The first-order valence-electron chi connectivity index (χ1n) is 5.86. The summed E-state index contributed by atoms with van der Waals surface area (Å²) in [5.74, 6) is -0.0653. The van der Waals surface area contributed by atoms with Crippen LogP contribution in [0, 0.1) is 0 Å². The molecule has 0 bridgehead atoms. The minimum atomic E-state index is -4.19. The Labute approximate surface area is 117 Å². The highest BCUT2D eigenvalue weighted by atomic mass is 32.2. The topological polar surface area (TPSA) is 83.5 Å². The number of hydrogen-bond acceptors (Lipinski definition) is 4. The summed E-state index contributed by atoms with van der Waals surface area (Å²) in [7, 11) is -4.19. The van der Waals surface area contributed by atoms with E-state index in [0.29, 0.717) is 11.3 Å². The van der Waals surface area contributed by atoms with Crippen molar-refractivity contribution in [1.29, 1.82) is 0 Å². The van der Waals surface area contributed by atoms with E-state index in [0.717, 1.165) is 0 Å². The van der Waals surface area contributed by atoms with Crippen LogP contribution in [0.5, 0.6) is 0 Å². The largest absolute Gasteiger partial charge is 0.378 e. The van der Waals surface area contributed by atoms with Gasteiger partial charge in [0.1, 0.15) is 0 Å². The molecule has 2 N–H and O–H groups in total. The zero-order valence-electron chi connectivity index (χ0n) is 10.5. The molecule has 0 saturated heterocycles. The first kappa shape index (κ1) is 14.2. The van der Waals surface area contributed by atoms with Crippen LogP contribution in [0.3, 0.4) is 0 Å². The van der Waals surface area contributed by atoms with Crippen molar-refractivity contribution in [1.82, 2.24) is 0 Å². The standard InChI is InChI=1S/C14H13NO4S/c16-14(11-4-2-1-3-5-11)10-15-12-6-8-13(9-7-12)20(17,18)19/h1-9,15H,10H2,(H,17,18,19). The molecule has 0 aromatic heterocycles. The second-order valence-corrected chi connectivity index (χ2v) is 5.56. The van der Waals surface area contributed by atoms with E-state index in [1.165, 1.54) is 24.3 Å². The van der Waals surface area contributed by atoms with Crippen LogP contribution in [0.1, 0.15) is 10.4 Å². The van der Waals surface area contributed by atoms with Crippen LogP contribution < -0.4 is 5.32 Å². The van der Waals surface area contributed by atoms with Gasteiger partial charge in [0.25, 0.3) is 10.1 Å². The molecule has 0 spiro atoms. The van der Waals surface area contributed by atoms with Crippen LogP contribution in [0.25, 0.3) is 0 Å². The molecule has 0 aliphatic carbocycles. The van der Waals surface area contributed by atoms with Gasteiger partial charge in [-0.15, -0.1) is 0 Å². The molecular weight excluding hydrogens is 278 g/mol. The summed E-state index contributed by atoms with van der Waals surface area (Å²) in [5, 5.41) is 2.90. The molecule has 2 aromatic rings.